The largest absolute Gasteiger partial charge is 0.337 e. The smallest absolute Gasteiger partial charge is 0.274 e. The Morgan fingerprint density at radius 1 is 1.24 bits per heavy atom. The van der Waals surface area contributed by atoms with E-state index in [4.69, 9.17) is 0 Å². The molecule has 1 aliphatic heterocycles. The third-order valence-electron chi connectivity index (χ3n) is 5.40. The van der Waals surface area contributed by atoms with Crippen LogP contribution < -0.4 is 0 Å². The van der Waals surface area contributed by atoms with Gasteiger partial charge in [-0.3, -0.25) is 9.89 Å². The highest BCUT2D eigenvalue weighted by molar-refractivity contribution is 5.93. The van der Waals surface area contributed by atoms with E-state index >= 15 is 0 Å². The summed E-state index contributed by atoms with van der Waals surface area (Å²) in [7, 11) is 0. The number of fused-ring (bicyclic) bond motifs is 1. The Labute approximate surface area is 166 Å². The van der Waals surface area contributed by atoms with Gasteiger partial charge in [0.05, 0.1) is 6.20 Å². The van der Waals surface area contributed by atoms with Crippen LogP contribution in [0.15, 0.2) is 55.0 Å². The normalized spacial score (nSPS) is 17.0. The first-order valence-corrected chi connectivity index (χ1v) is 9.58. The van der Waals surface area contributed by atoms with Crippen molar-refractivity contribution in [2.75, 3.05) is 13.1 Å². The van der Waals surface area contributed by atoms with E-state index in [1.165, 1.54) is 12.1 Å². The summed E-state index contributed by atoms with van der Waals surface area (Å²) in [6.45, 7) is 1.27. The van der Waals surface area contributed by atoms with Gasteiger partial charge in [0.25, 0.3) is 5.91 Å². The molecule has 146 valence electrons. The van der Waals surface area contributed by atoms with Gasteiger partial charge in [-0.15, -0.1) is 0 Å². The van der Waals surface area contributed by atoms with Crippen molar-refractivity contribution in [2.45, 2.75) is 18.8 Å². The fourth-order valence-electron chi connectivity index (χ4n) is 3.96. The molecule has 1 saturated heterocycles. The first kappa shape index (κ1) is 17.5. The van der Waals surface area contributed by atoms with Crippen molar-refractivity contribution >= 4 is 11.6 Å². The minimum absolute atomic E-state index is 0.0944. The van der Waals surface area contributed by atoms with E-state index in [2.05, 4.69) is 20.3 Å². The highest BCUT2D eigenvalue weighted by atomic mass is 19.1. The van der Waals surface area contributed by atoms with Gasteiger partial charge in [-0.25, -0.2) is 13.9 Å². The first-order valence-electron chi connectivity index (χ1n) is 9.58. The molecular formula is C21H19FN6O. The van der Waals surface area contributed by atoms with Crippen molar-refractivity contribution in [3.8, 4) is 11.1 Å². The van der Waals surface area contributed by atoms with E-state index in [9.17, 15) is 9.18 Å². The van der Waals surface area contributed by atoms with E-state index in [1.807, 2.05) is 4.90 Å². The number of nitrogens with zero attached hydrogens (tertiary/aromatic N) is 5. The summed E-state index contributed by atoms with van der Waals surface area (Å²) in [5.74, 6) is -0.233. The molecule has 1 amide bonds. The molecule has 1 atom stereocenters. The number of aromatic nitrogens is 5. The van der Waals surface area contributed by atoms with Crippen molar-refractivity contribution in [3.05, 3.63) is 72.2 Å². The maximum atomic E-state index is 13.3. The van der Waals surface area contributed by atoms with Crippen LogP contribution in [0.5, 0.6) is 0 Å². The molecule has 4 aromatic rings. The number of hydrogen-bond acceptors (Lipinski definition) is 4. The molecule has 5 rings (SSSR count). The minimum atomic E-state index is -0.268. The second kappa shape index (κ2) is 7.12. The molecule has 8 heteroatoms. The number of rotatable bonds is 3. The molecule has 1 aliphatic rings. The number of aromatic amines is 1. The van der Waals surface area contributed by atoms with Crippen molar-refractivity contribution < 1.29 is 9.18 Å². The Balaban J connectivity index is 1.39. The molecule has 1 aromatic carbocycles. The van der Waals surface area contributed by atoms with Crippen LogP contribution in [0.4, 0.5) is 4.39 Å². The summed E-state index contributed by atoms with van der Waals surface area (Å²) in [6, 6.07) is 9.88. The van der Waals surface area contributed by atoms with Crippen LogP contribution in [0.2, 0.25) is 0 Å². The van der Waals surface area contributed by atoms with E-state index < -0.39 is 0 Å². The second-order valence-electron chi connectivity index (χ2n) is 7.25. The van der Waals surface area contributed by atoms with Gasteiger partial charge in [0, 0.05) is 48.7 Å². The third kappa shape index (κ3) is 3.26. The molecule has 0 bridgehead atoms. The zero-order valence-corrected chi connectivity index (χ0v) is 15.6. The lowest BCUT2D eigenvalue weighted by atomic mass is 9.90. The molecular weight excluding hydrogens is 371 g/mol. The van der Waals surface area contributed by atoms with Crippen LogP contribution in [0, 0.1) is 5.82 Å². The highest BCUT2D eigenvalue weighted by Gasteiger charge is 2.29. The van der Waals surface area contributed by atoms with Gasteiger partial charge in [0.2, 0.25) is 0 Å². The molecule has 4 heterocycles. The monoisotopic (exact) mass is 390 g/mol. The number of benzene rings is 1. The minimum Gasteiger partial charge on any atom is -0.337 e. The molecule has 29 heavy (non-hydrogen) atoms. The number of carbonyl (C=O) groups is 1. The lowest BCUT2D eigenvalue weighted by molar-refractivity contribution is 0.0699. The van der Waals surface area contributed by atoms with E-state index in [1.54, 1.807) is 47.4 Å². The number of nitrogens with one attached hydrogen (secondary N) is 1. The summed E-state index contributed by atoms with van der Waals surface area (Å²) in [5.41, 5.74) is 3.88. The summed E-state index contributed by atoms with van der Waals surface area (Å²) in [5, 5.41) is 11.7. The van der Waals surface area contributed by atoms with E-state index in [0.717, 1.165) is 29.7 Å². The number of carbonyl (C=O) groups excluding carboxylic acids is 1. The van der Waals surface area contributed by atoms with Crippen LogP contribution in [0.1, 0.15) is 34.9 Å². The molecule has 0 spiro atoms. The maximum Gasteiger partial charge on any atom is 0.274 e. The molecule has 7 nitrogen and oxygen atoms in total. The third-order valence-corrected chi connectivity index (χ3v) is 5.40. The van der Waals surface area contributed by atoms with Crippen molar-refractivity contribution in [3.63, 3.8) is 0 Å². The molecule has 3 aromatic heterocycles. The van der Waals surface area contributed by atoms with Gasteiger partial charge >= 0.3 is 0 Å². The lowest BCUT2D eigenvalue weighted by Crippen LogP contribution is -2.39. The van der Waals surface area contributed by atoms with Crippen LogP contribution in [0.25, 0.3) is 16.8 Å². The highest BCUT2D eigenvalue weighted by Crippen LogP contribution is 2.33. The number of halogens is 1. The van der Waals surface area contributed by atoms with Crippen LogP contribution in [0.3, 0.4) is 0 Å². The van der Waals surface area contributed by atoms with Gasteiger partial charge in [-0.2, -0.15) is 10.2 Å². The van der Waals surface area contributed by atoms with Crippen LogP contribution in [-0.2, 0) is 0 Å². The zero-order valence-electron chi connectivity index (χ0n) is 15.6. The Kier molecular flexibility index (Phi) is 4.31. The SMILES string of the molecule is O=C(c1cc2ncccn2n1)N1CCC[C@H](c2[nH]ncc2-c2ccc(F)cc2)C1. The molecule has 0 unspecified atom stereocenters. The van der Waals surface area contributed by atoms with Gasteiger partial charge in [0.15, 0.2) is 11.3 Å². The second-order valence-corrected chi connectivity index (χ2v) is 7.25. The van der Waals surface area contributed by atoms with Gasteiger partial charge in [-0.05, 0) is 36.6 Å². The average Bonchev–Trinajstić information content (AvgIpc) is 3.41. The molecule has 1 N–H and O–H groups in total. The topological polar surface area (TPSA) is 79.2 Å². The summed E-state index contributed by atoms with van der Waals surface area (Å²) >= 11 is 0. The fraction of sp³-hybridized carbons (Fsp3) is 0.238. The quantitative estimate of drug-likeness (QED) is 0.582. The van der Waals surface area contributed by atoms with Gasteiger partial charge in [-0.1, -0.05) is 12.1 Å². The number of H-pyrrole nitrogens is 1. The molecule has 0 saturated carbocycles. The van der Waals surface area contributed by atoms with Crippen molar-refractivity contribution in [2.24, 2.45) is 0 Å². The predicted molar refractivity (Wildman–Crippen MR) is 105 cm³/mol. The number of likely N-dealkylation sites (tertiary alicyclic amines) is 1. The van der Waals surface area contributed by atoms with Gasteiger partial charge < -0.3 is 4.90 Å². The standard InChI is InChI=1S/C21H19FN6O/c22-16-6-4-14(5-7-16)17-12-24-25-20(17)15-3-1-9-27(13-15)21(29)18-11-19-23-8-2-10-28(19)26-18/h2,4-8,10-12,15H,1,3,9,13H2,(H,24,25)/t15-/m0/s1. The summed E-state index contributed by atoms with van der Waals surface area (Å²) < 4.78 is 14.9. The average molecular weight is 390 g/mol. The molecule has 0 radical (unpaired) electrons. The number of hydrogen-bond donors (Lipinski definition) is 1. The van der Waals surface area contributed by atoms with Crippen LogP contribution >= 0.6 is 0 Å². The van der Waals surface area contributed by atoms with Gasteiger partial charge in [0.1, 0.15) is 5.82 Å². The predicted octanol–water partition coefficient (Wildman–Crippen LogP) is 3.28. The Morgan fingerprint density at radius 3 is 2.93 bits per heavy atom. The maximum absolute atomic E-state index is 13.3. The Bertz CT molecular complexity index is 1130. The number of amides is 1. The van der Waals surface area contributed by atoms with Crippen LogP contribution in [-0.4, -0.2) is 48.7 Å². The number of piperidine rings is 1. The van der Waals surface area contributed by atoms with E-state index in [0.29, 0.717) is 24.4 Å². The molecule has 0 aliphatic carbocycles. The lowest BCUT2D eigenvalue weighted by Gasteiger charge is -2.32. The fourth-order valence-corrected chi connectivity index (χ4v) is 3.96. The van der Waals surface area contributed by atoms with Crippen molar-refractivity contribution in [1.82, 2.24) is 29.7 Å². The summed E-state index contributed by atoms with van der Waals surface area (Å²) in [6.07, 6.45) is 7.06. The van der Waals surface area contributed by atoms with Crippen molar-refractivity contribution in [1.29, 1.82) is 0 Å². The zero-order chi connectivity index (χ0) is 19.8. The first-order chi connectivity index (χ1) is 14.2. The van der Waals surface area contributed by atoms with E-state index in [-0.39, 0.29) is 17.6 Å². The Hall–Kier alpha value is -3.55. The molecule has 1 fully saturated rings. The summed E-state index contributed by atoms with van der Waals surface area (Å²) in [4.78, 5) is 19.1. The Morgan fingerprint density at radius 2 is 2.10 bits per heavy atom.